The number of carbonyl (C=O) groups is 2. The van der Waals surface area contributed by atoms with Crippen molar-refractivity contribution in [1.29, 1.82) is 0 Å². The predicted octanol–water partition coefficient (Wildman–Crippen LogP) is 5.18. The highest BCUT2D eigenvalue weighted by atomic mass is 19.4. The average Bonchev–Trinajstić information content (AvgIpc) is 3.47. The first-order valence-electron chi connectivity index (χ1n) is 12.9. The lowest BCUT2D eigenvalue weighted by Gasteiger charge is -2.23. The number of nitrogens with zero attached hydrogens (tertiary/aromatic N) is 2. The summed E-state index contributed by atoms with van der Waals surface area (Å²) in [4.78, 5) is 31.2. The Kier molecular flexibility index (Phi) is 7.70. The monoisotopic (exact) mass is 548 g/mol. The lowest BCUT2D eigenvalue weighted by atomic mass is 9.97. The highest BCUT2D eigenvalue weighted by molar-refractivity contribution is 6.03. The van der Waals surface area contributed by atoms with Gasteiger partial charge in [-0.3, -0.25) is 9.59 Å². The second kappa shape index (κ2) is 11.4. The predicted molar refractivity (Wildman–Crippen MR) is 147 cm³/mol. The lowest BCUT2D eigenvalue weighted by molar-refractivity contribution is -0.137. The van der Waals surface area contributed by atoms with Crippen LogP contribution in [-0.2, 0) is 22.2 Å². The number of hydrogen-bond donors (Lipinski definition) is 3. The SMILES string of the molecule is O=C(/C=C/C=C(/c1ccc(C(F)(F)F)cc1)c1ccnc(N2CCCC2)c1)Nc1cccc2c1CC(O)C(=O)N2. The number of hydrogen-bond acceptors (Lipinski definition) is 5. The van der Waals surface area contributed by atoms with Gasteiger partial charge in [0, 0.05) is 48.7 Å². The normalized spacial score (nSPS) is 17.6. The van der Waals surface area contributed by atoms with Crippen molar-refractivity contribution in [3.05, 3.63) is 101 Å². The van der Waals surface area contributed by atoms with Crippen LogP contribution in [0.4, 0.5) is 30.4 Å². The summed E-state index contributed by atoms with van der Waals surface area (Å²) in [6.45, 7) is 1.78. The summed E-state index contributed by atoms with van der Waals surface area (Å²) in [5.41, 5.74) is 2.79. The van der Waals surface area contributed by atoms with Crippen molar-refractivity contribution < 1.29 is 27.9 Å². The first-order chi connectivity index (χ1) is 19.2. The maximum Gasteiger partial charge on any atom is 0.416 e. The first kappa shape index (κ1) is 27.1. The number of benzene rings is 2. The van der Waals surface area contributed by atoms with E-state index in [1.807, 2.05) is 6.07 Å². The van der Waals surface area contributed by atoms with Crippen LogP contribution in [0.3, 0.4) is 0 Å². The van der Waals surface area contributed by atoms with E-state index in [-0.39, 0.29) is 6.42 Å². The summed E-state index contributed by atoms with van der Waals surface area (Å²) in [5, 5.41) is 15.3. The highest BCUT2D eigenvalue weighted by Crippen LogP contribution is 2.33. The van der Waals surface area contributed by atoms with E-state index in [2.05, 4.69) is 20.5 Å². The second-order valence-corrected chi connectivity index (χ2v) is 9.64. The molecule has 1 unspecified atom stereocenters. The summed E-state index contributed by atoms with van der Waals surface area (Å²) in [6, 6.07) is 13.6. The average molecular weight is 549 g/mol. The number of carbonyl (C=O) groups excluding carboxylic acids is 2. The molecule has 2 aliphatic rings. The Bertz CT molecular complexity index is 1480. The van der Waals surface area contributed by atoms with Crippen molar-refractivity contribution in [1.82, 2.24) is 4.98 Å². The molecule has 0 saturated carbocycles. The molecule has 3 heterocycles. The van der Waals surface area contributed by atoms with Crippen molar-refractivity contribution in [2.75, 3.05) is 28.6 Å². The number of aliphatic hydroxyl groups is 1. The van der Waals surface area contributed by atoms with Gasteiger partial charge in [-0.15, -0.1) is 0 Å². The molecule has 206 valence electrons. The Morgan fingerprint density at radius 2 is 1.82 bits per heavy atom. The fourth-order valence-electron chi connectivity index (χ4n) is 4.85. The van der Waals surface area contributed by atoms with Crippen molar-refractivity contribution >= 4 is 34.6 Å². The maximum atomic E-state index is 13.2. The van der Waals surface area contributed by atoms with E-state index in [4.69, 9.17) is 0 Å². The molecular formula is C30H27F3N4O3. The summed E-state index contributed by atoms with van der Waals surface area (Å²) in [7, 11) is 0. The zero-order valence-corrected chi connectivity index (χ0v) is 21.4. The molecule has 1 saturated heterocycles. The van der Waals surface area contributed by atoms with Gasteiger partial charge in [-0.2, -0.15) is 13.2 Å². The first-order valence-corrected chi connectivity index (χ1v) is 12.9. The third kappa shape index (κ3) is 6.07. The molecule has 3 N–H and O–H groups in total. The molecule has 10 heteroatoms. The molecule has 7 nitrogen and oxygen atoms in total. The molecule has 0 aliphatic carbocycles. The van der Waals surface area contributed by atoms with E-state index >= 15 is 0 Å². The Balaban J connectivity index is 1.42. The summed E-state index contributed by atoms with van der Waals surface area (Å²) < 4.78 is 39.5. The Hall–Kier alpha value is -4.44. The molecule has 0 spiro atoms. The molecule has 0 radical (unpaired) electrons. The molecule has 1 atom stereocenters. The summed E-state index contributed by atoms with van der Waals surface area (Å²) in [6.07, 6.45) is 2.74. The van der Waals surface area contributed by atoms with E-state index in [0.717, 1.165) is 49.4 Å². The minimum Gasteiger partial charge on any atom is -0.383 e. The summed E-state index contributed by atoms with van der Waals surface area (Å²) >= 11 is 0. The van der Waals surface area contributed by atoms with E-state index in [0.29, 0.717) is 28.1 Å². The molecule has 3 aromatic rings. The lowest BCUT2D eigenvalue weighted by Crippen LogP contribution is -2.34. The van der Waals surface area contributed by atoms with Gasteiger partial charge in [-0.1, -0.05) is 30.4 Å². The molecule has 40 heavy (non-hydrogen) atoms. The van der Waals surface area contributed by atoms with Crippen LogP contribution < -0.4 is 15.5 Å². The van der Waals surface area contributed by atoms with E-state index in [9.17, 15) is 27.9 Å². The van der Waals surface area contributed by atoms with Crippen LogP contribution in [0.15, 0.2) is 79.0 Å². The molecule has 5 rings (SSSR count). The van der Waals surface area contributed by atoms with Gasteiger partial charge in [0.1, 0.15) is 11.9 Å². The third-order valence-electron chi connectivity index (χ3n) is 6.91. The van der Waals surface area contributed by atoms with Gasteiger partial charge in [0.05, 0.1) is 5.56 Å². The number of pyridine rings is 1. The van der Waals surface area contributed by atoms with Gasteiger partial charge in [0.15, 0.2) is 0 Å². The number of amides is 2. The van der Waals surface area contributed by atoms with Gasteiger partial charge < -0.3 is 20.6 Å². The Labute approximate surface area is 229 Å². The van der Waals surface area contributed by atoms with Gasteiger partial charge >= 0.3 is 6.18 Å². The second-order valence-electron chi connectivity index (χ2n) is 9.64. The zero-order valence-electron chi connectivity index (χ0n) is 21.4. The minimum atomic E-state index is -4.45. The largest absolute Gasteiger partial charge is 0.416 e. The maximum absolute atomic E-state index is 13.2. The Morgan fingerprint density at radius 3 is 2.55 bits per heavy atom. The van der Waals surface area contributed by atoms with Gasteiger partial charge in [0.2, 0.25) is 5.91 Å². The van der Waals surface area contributed by atoms with E-state index < -0.39 is 29.7 Å². The number of aromatic nitrogens is 1. The highest BCUT2D eigenvalue weighted by Gasteiger charge is 2.30. The Morgan fingerprint density at radius 1 is 1.07 bits per heavy atom. The van der Waals surface area contributed by atoms with E-state index in [1.54, 1.807) is 36.5 Å². The third-order valence-corrected chi connectivity index (χ3v) is 6.91. The van der Waals surface area contributed by atoms with Gasteiger partial charge in [-0.25, -0.2) is 4.98 Å². The van der Waals surface area contributed by atoms with Crippen molar-refractivity contribution in [3.8, 4) is 0 Å². The molecule has 0 bridgehead atoms. The number of nitrogens with one attached hydrogen (secondary N) is 2. The smallest absolute Gasteiger partial charge is 0.383 e. The number of rotatable bonds is 6. The number of aliphatic hydroxyl groups excluding tert-OH is 1. The van der Waals surface area contributed by atoms with Crippen LogP contribution in [0.5, 0.6) is 0 Å². The zero-order chi connectivity index (χ0) is 28.3. The van der Waals surface area contributed by atoms with Crippen molar-refractivity contribution in [2.24, 2.45) is 0 Å². The van der Waals surface area contributed by atoms with Crippen LogP contribution in [0.2, 0.25) is 0 Å². The molecular weight excluding hydrogens is 521 g/mol. The quantitative estimate of drug-likeness (QED) is 0.292. The molecule has 2 aliphatic heterocycles. The molecule has 2 aromatic carbocycles. The van der Waals surface area contributed by atoms with Crippen molar-refractivity contribution in [3.63, 3.8) is 0 Å². The van der Waals surface area contributed by atoms with E-state index in [1.165, 1.54) is 24.3 Å². The standard InChI is InChI=1S/C30H27F3N4O3/c31-30(32,33)21-11-9-19(10-12-21)22(20-13-14-34-27(17-20)37-15-1-2-16-37)5-3-8-28(39)35-24-6-4-7-25-23(24)18-26(38)29(40)36-25/h3-14,17,26,38H,1-2,15-16,18H2,(H,35,39)(H,36,40)/b8-3+,22-5-. The van der Waals surface area contributed by atoms with Crippen LogP contribution in [0.1, 0.15) is 35.1 Å². The van der Waals surface area contributed by atoms with Crippen molar-refractivity contribution in [2.45, 2.75) is 31.5 Å². The minimum absolute atomic E-state index is 0.0701. The van der Waals surface area contributed by atoms with Crippen LogP contribution in [-0.4, -0.2) is 41.1 Å². The number of halogens is 3. The molecule has 1 aromatic heterocycles. The topological polar surface area (TPSA) is 94.6 Å². The fourth-order valence-corrected chi connectivity index (χ4v) is 4.85. The van der Waals surface area contributed by atoms with Gasteiger partial charge in [-0.05, 0) is 65.9 Å². The van der Waals surface area contributed by atoms with Crippen LogP contribution >= 0.6 is 0 Å². The number of fused-ring (bicyclic) bond motifs is 1. The molecule has 1 fully saturated rings. The molecule has 2 amide bonds. The number of anilines is 3. The summed E-state index contributed by atoms with van der Waals surface area (Å²) in [5.74, 6) is -0.159. The number of alkyl halides is 3. The van der Waals surface area contributed by atoms with Crippen LogP contribution in [0, 0.1) is 0 Å². The fraction of sp³-hybridized carbons (Fsp3) is 0.233. The van der Waals surface area contributed by atoms with Gasteiger partial charge in [0.25, 0.3) is 5.91 Å². The van der Waals surface area contributed by atoms with Crippen LogP contribution in [0.25, 0.3) is 5.57 Å². The number of allylic oxidation sites excluding steroid dienone is 2.